The molecule has 0 bridgehead atoms. The van der Waals surface area contributed by atoms with Crippen LogP contribution in [-0.4, -0.2) is 52.7 Å². The molecule has 0 aliphatic heterocycles. The fourth-order valence-corrected chi connectivity index (χ4v) is 3.87. The summed E-state index contributed by atoms with van der Waals surface area (Å²) in [6.45, 7) is 6.49. The summed E-state index contributed by atoms with van der Waals surface area (Å²) in [5, 5.41) is 12.1. The van der Waals surface area contributed by atoms with Crippen molar-refractivity contribution in [1.29, 1.82) is 0 Å². The maximum absolute atomic E-state index is 13.0. The van der Waals surface area contributed by atoms with Crippen LogP contribution >= 0.6 is 0 Å². The number of nitrogens with zero attached hydrogens (tertiary/aromatic N) is 4. The number of amides is 2. The molecular weight excluding hydrogens is 464 g/mol. The molecule has 0 saturated heterocycles. The van der Waals surface area contributed by atoms with Crippen molar-refractivity contribution in [3.8, 4) is 5.75 Å². The Hall–Kier alpha value is -3.49. The minimum Gasteiger partial charge on any atom is -0.490 e. The van der Waals surface area contributed by atoms with Crippen LogP contribution in [0.4, 0.5) is 5.95 Å². The van der Waals surface area contributed by atoms with Crippen LogP contribution in [0.15, 0.2) is 18.2 Å². The fraction of sp³-hybridized carbons (Fsp3) is 0.400. The smallest absolute Gasteiger partial charge is 0.276 e. The number of rotatable bonds is 11. The topological polar surface area (TPSA) is 189 Å². The number of nitrogens with one attached hydrogen (secondary N) is 2. The Labute approximate surface area is 196 Å². The first kappa shape index (κ1) is 25.1. The van der Waals surface area contributed by atoms with E-state index in [0.717, 1.165) is 0 Å². The van der Waals surface area contributed by atoms with Crippen LogP contribution in [0.1, 0.15) is 46.8 Å². The van der Waals surface area contributed by atoms with Gasteiger partial charge < -0.3 is 15.0 Å². The van der Waals surface area contributed by atoms with Crippen LogP contribution in [0.25, 0.3) is 11.0 Å². The van der Waals surface area contributed by atoms with E-state index >= 15 is 0 Å². The predicted molar refractivity (Wildman–Crippen MR) is 126 cm³/mol. The number of imidazole rings is 1. The highest BCUT2D eigenvalue weighted by molar-refractivity contribution is 7.87. The number of fused-ring (bicyclic) bond motifs is 1. The van der Waals surface area contributed by atoms with Crippen molar-refractivity contribution in [3.05, 3.63) is 35.2 Å². The maximum Gasteiger partial charge on any atom is 0.276 e. The highest BCUT2D eigenvalue weighted by Gasteiger charge is 2.21. The number of primary amides is 1. The zero-order valence-electron chi connectivity index (χ0n) is 19.2. The molecule has 0 spiro atoms. The molecule has 2 heterocycles. The predicted octanol–water partition coefficient (Wildman–Crippen LogP) is 0.494. The SMILES string of the molecule is CCCn1c(NC(=O)c2cc(C)nn2CC)nc2cc(C(N)=O)cc(OCCNS(N)(=O)=O)c21. The number of nitrogens with two attached hydrogens (primary N) is 2. The first-order chi connectivity index (χ1) is 16.0. The van der Waals surface area contributed by atoms with Gasteiger partial charge in [0.15, 0.2) is 0 Å². The molecule has 6 N–H and O–H groups in total. The summed E-state index contributed by atoms with van der Waals surface area (Å²) in [5.41, 5.74) is 7.63. The summed E-state index contributed by atoms with van der Waals surface area (Å²) in [5.74, 6) is -0.548. The van der Waals surface area contributed by atoms with E-state index in [9.17, 15) is 18.0 Å². The summed E-state index contributed by atoms with van der Waals surface area (Å²) >= 11 is 0. The van der Waals surface area contributed by atoms with Crippen LogP contribution in [0, 0.1) is 6.92 Å². The van der Waals surface area contributed by atoms with Gasteiger partial charge in [-0.2, -0.15) is 18.2 Å². The molecule has 3 aromatic rings. The van der Waals surface area contributed by atoms with Crippen molar-refractivity contribution in [1.82, 2.24) is 24.1 Å². The minimum absolute atomic E-state index is 0.0678. The third-order valence-electron chi connectivity index (χ3n) is 4.86. The Bertz CT molecular complexity index is 1330. The highest BCUT2D eigenvalue weighted by Crippen LogP contribution is 2.31. The van der Waals surface area contributed by atoms with Gasteiger partial charge in [-0.1, -0.05) is 6.92 Å². The van der Waals surface area contributed by atoms with Crippen molar-refractivity contribution >= 4 is 39.0 Å². The second-order valence-corrected chi connectivity index (χ2v) is 8.90. The van der Waals surface area contributed by atoms with Gasteiger partial charge in [0.05, 0.1) is 11.2 Å². The van der Waals surface area contributed by atoms with Gasteiger partial charge in [0.25, 0.3) is 16.1 Å². The lowest BCUT2D eigenvalue weighted by molar-refractivity contribution is 0.0995. The third-order valence-corrected chi connectivity index (χ3v) is 5.47. The largest absolute Gasteiger partial charge is 0.490 e. The van der Waals surface area contributed by atoms with Crippen LogP contribution in [0.2, 0.25) is 0 Å². The van der Waals surface area contributed by atoms with Crippen molar-refractivity contribution in [3.63, 3.8) is 0 Å². The number of hydrogen-bond donors (Lipinski definition) is 4. The van der Waals surface area contributed by atoms with E-state index < -0.39 is 16.1 Å². The zero-order valence-corrected chi connectivity index (χ0v) is 20.0. The lowest BCUT2D eigenvalue weighted by Gasteiger charge is -2.13. The summed E-state index contributed by atoms with van der Waals surface area (Å²) < 4.78 is 33.4. The average Bonchev–Trinajstić information content (AvgIpc) is 3.30. The molecule has 0 radical (unpaired) electrons. The first-order valence-corrected chi connectivity index (χ1v) is 12.2. The molecule has 0 fully saturated rings. The number of carbonyl (C=O) groups excluding carboxylic acids is 2. The molecule has 184 valence electrons. The van der Waals surface area contributed by atoms with E-state index in [0.29, 0.717) is 41.9 Å². The molecule has 0 saturated carbocycles. The molecule has 3 rings (SSSR count). The van der Waals surface area contributed by atoms with E-state index in [4.69, 9.17) is 15.6 Å². The summed E-state index contributed by atoms with van der Waals surface area (Å²) in [4.78, 5) is 29.4. The average molecular weight is 493 g/mol. The van der Waals surface area contributed by atoms with Crippen molar-refractivity contribution in [2.75, 3.05) is 18.5 Å². The number of anilines is 1. The normalized spacial score (nSPS) is 11.6. The molecule has 0 unspecified atom stereocenters. The van der Waals surface area contributed by atoms with Gasteiger partial charge in [-0.15, -0.1) is 0 Å². The number of aryl methyl sites for hydroxylation is 3. The van der Waals surface area contributed by atoms with E-state index in [-0.39, 0.29) is 36.3 Å². The fourth-order valence-electron chi connectivity index (χ4n) is 3.50. The Balaban J connectivity index is 2.02. The summed E-state index contributed by atoms with van der Waals surface area (Å²) in [6, 6.07) is 4.65. The van der Waals surface area contributed by atoms with Crippen molar-refractivity contribution in [2.45, 2.75) is 40.3 Å². The summed E-state index contributed by atoms with van der Waals surface area (Å²) in [6.07, 6.45) is 0.713. The lowest BCUT2D eigenvalue weighted by Crippen LogP contribution is -2.33. The molecule has 34 heavy (non-hydrogen) atoms. The molecule has 2 aromatic heterocycles. The molecular formula is C20H28N8O5S. The quantitative estimate of drug-likeness (QED) is 0.280. The monoisotopic (exact) mass is 492 g/mol. The number of aromatic nitrogens is 4. The number of benzene rings is 1. The van der Waals surface area contributed by atoms with E-state index in [1.807, 2.05) is 13.8 Å². The molecule has 13 nitrogen and oxygen atoms in total. The second-order valence-electron chi connectivity index (χ2n) is 7.52. The second kappa shape index (κ2) is 10.2. The Morgan fingerprint density at radius 2 is 1.94 bits per heavy atom. The Morgan fingerprint density at radius 3 is 2.56 bits per heavy atom. The molecule has 2 amide bonds. The molecule has 14 heteroatoms. The minimum atomic E-state index is -3.88. The van der Waals surface area contributed by atoms with E-state index in [1.165, 1.54) is 12.1 Å². The maximum atomic E-state index is 13.0. The van der Waals surface area contributed by atoms with Crippen LogP contribution < -0.4 is 25.6 Å². The van der Waals surface area contributed by atoms with Gasteiger partial charge in [0, 0.05) is 25.2 Å². The zero-order chi connectivity index (χ0) is 25.0. The van der Waals surface area contributed by atoms with Gasteiger partial charge in [-0.25, -0.2) is 10.1 Å². The molecule has 0 atom stereocenters. The van der Waals surface area contributed by atoms with Crippen molar-refractivity contribution < 1.29 is 22.7 Å². The number of ether oxygens (including phenoxy) is 1. The lowest BCUT2D eigenvalue weighted by atomic mass is 10.1. The first-order valence-electron chi connectivity index (χ1n) is 10.6. The standard InChI is InChI=1S/C20H28N8O5S/c1-4-7-27-17-14(24-20(27)25-19(30)15-9-12(3)26-28(15)5-2)10-13(18(21)29)11-16(17)33-8-6-23-34(22,31)32/h9-11,23H,4-8H2,1-3H3,(H2,21,29)(H2,22,31,32)(H,24,25,30). The van der Waals surface area contributed by atoms with Crippen LogP contribution in [0.5, 0.6) is 5.75 Å². The van der Waals surface area contributed by atoms with Gasteiger partial charge in [-0.05, 0) is 38.5 Å². The number of carbonyl (C=O) groups is 2. The van der Waals surface area contributed by atoms with Crippen molar-refractivity contribution in [2.24, 2.45) is 10.9 Å². The van der Waals surface area contributed by atoms with Gasteiger partial charge in [0.1, 0.15) is 23.6 Å². The van der Waals surface area contributed by atoms with E-state index in [2.05, 4.69) is 20.1 Å². The van der Waals surface area contributed by atoms with E-state index in [1.54, 1.807) is 22.2 Å². The van der Waals surface area contributed by atoms with Crippen LogP contribution in [-0.2, 0) is 23.3 Å². The summed E-state index contributed by atoms with van der Waals surface area (Å²) in [7, 11) is -3.88. The third kappa shape index (κ3) is 5.70. The Kier molecular flexibility index (Phi) is 7.54. The highest BCUT2D eigenvalue weighted by atomic mass is 32.2. The van der Waals surface area contributed by atoms with Gasteiger partial charge in [0.2, 0.25) is 11.9 Å². The van der Waals surface area contributed by atoms with Crippen LogP contribution in [0.3, 0.4) is 0 Å². The van der Waals surface area contributed by atoms with Gasteiger partial charge >= 0.3 is 0 Å². The Morgan fingerprint density at radius 1 is 1.21 bits per heavy atom. The molecule has 0 aliphatic rings. The number of hydrogen-bond acceptors (Lipinski definition) is 7. The molecule has 1 aromatic carbocycles. The molecule has 0 aliphatic carbocycles. The van der Waals surface area contributed by atoms with Gasteiger partial charge in [-0.3, -0.25) is 19.6 Å².